The summed E-state index contributed by atoms with van der Waals surface area (Å²) in [7, 11) is 3.21. The third-order valence-electron chi connectivity index (χ3n) is 2.59. The lowest BCUT2D eigenvalue weighted by Gasteiger charge is -2.06. The van der Waals surface area contributed by atoms with Crippen LogP contribution in [0.1, 0.15) is 5.56 Å². The van der Waals surface area contributed by atoms with Gasteiger partial charge in [-0.1, -0.05) is 11.8 Å². The molecule has 0 bridgehead atoms. The van der Waals surface area contributed by atoms with Crippen molar-refractivity contribution in [3.05, 3.63) is 48.0 Å². The van der Waals surface area contributed by atoms with Gasteiger partial charge in [0.15, 0.2) is 0 Å². The summed E-state index contributed by atoms with van der Waals surface area (Å²) >= 11 is 1.61. The third kappa shape index (κ3) is 3.21. The van der Waals surface area contributed by atoms with Gasteiger partial charge in [-0.05, 0) is 42.5 Å². The van der Waals surface area contributed by atoms with E-state index in [0.29, 0.717) is 11.3 Å². The largest absolute Gasteiger partial charge is 0.497 e. The highest BCUT2D eigenvalue weighted by atomic mass is 32.2. The quantitative estimate of drug-likeness (QED) is 0.849. The first-order valence-corrected chi connectivity index (χ1v) is 6.48. The molecule has 0 aliphatic heterocycles. The number of methoxy groups -OCH3 is 2. The van der Waals surface area contributed by atoms with Crippen molar-refractivity contribution in [3.8, 4) is 17.6 Å². The molecule has 0 heterocycles. The maximum absolute atomic E-state index is 8.94. The second-order valence-corrected chi connectivity index (χ2v) is 4.90. The van der Waals surface area contributed by atoms with Crippen LogP contribution in [0.3, 0.4) is 0 Å². The van der Waals surface area contributed by atoms with Crippen LogP contribution in [-0.2, 0) is 0 Å². The van der Waals surface area contributed by atoms with Gasteiger partial charge in [-0.3, -0.25) is 0 Å². The van der Waals surface area contributed by atoms with Crippen LogP contribution < -0.4 is 9.47 Å². The van der Waals surface area contributed by atoms with Gasteiger partial charge in [0.05, 0.1) is 19.8 Å². The van der Waals surface area contributed by atoms with E-state index in [2.05, 4.69) is 6.07 Å². The van der Waals surface area contributed by atoms with Crippen LogP contribution in [0.4, 0.5) is 0 Å². The molecule has 0 N–H and O–H groups in total. The summed E-state index contributed by atoms with van der Waals surface area (Å²) < 4.78 is 10.3. The fraction of sp³-hybridized carbons (Fsp3) is 0.133. The Balaban J connectivity index is 2.21. The lowest BCUT2D eigenvalue weighted by atomic mass is 10.2. The summed E-state index contributed by atoms with van der Waals surface area (Å²) in [6.07, 6.45) is 0. The minimum absolute atomic E-state index is 0.543. The Morgan fingerprint density at radius 3 is 2.21 bits per heavy atom. The average molecular weight is 271 g/mol. The SMILES string of the molecule is COc1ccc(Sc2ccc(C#N)c(OC)c2)cc1. The fourth-order valence-corrected chi connectivity index (χ4v) is 2.45. The predicted octanol–water partition coefficient (Wildman–Crippen LogP) is 3.73. The molecule has 2 aromatic carbocycles. The van der Waals surface area contributed by atoms with E-state index in [1.807, 2.05) is 36.4 Å². The maximum atomic E-state index is 8.94. The van der Waals surface area contributed by atoms with E-state index in [1.54, 1.807) is 32.0 Å². The lowest BCUT2D eigenvalue weighted by molar-refractivity contribution is 0.412. The molecule has 0 radical (unpaired) electrons. The van der Waals surface area contributed by atoms with Crippen molar-refractivity contribution in [2.45, 2.75) is 9.79 Å². The van der Waals surface area contributed by atoms with Gasteiger partial charge >= 0.3 is 0 Å². The first-order valence-electron chi connectivity index (χ1n) is 5.67. The molecule has 19 heavy (non-hydrogen) atoms. The summed E-state index contributed by atoms with van der Waals surface area (Å²) in [4.78, 5) is 2.13. The highest BCUT2D eigenvalue weighted by Gasteiger charge is 2.05. The van der Waals surface area contributed by atoms with Gasteiger partial charge in [-0.25, -0.2) is 0 Å². The standard InChI is InChI=1S/C15H13NO2S/c1-17-12-4-7-13(8-5-12)19-14-6-3-11(10-16)15(9-14)18-2/h3-9H,1-2H3. The molecular formula is C15H13NO2S. The molecule has 0 spiro atoms. The Bertz CT molecular complexity index is 603. The molecule has 0 aromatic heterocycles. The van der Waals surface area contributed by atoms with Crippen molar-refractivity contribution in [2.24, 2.45) is 0 Å². The van der Waals surface area contributed by atoms with Crippen molar-refractivity contribution in [2.75, 3.05) is 14.2 Å². The molecule has 3 nitrogen and oxygen atoms in total. The molecule has 0 aliphatic carbocycles. The van der Waals surface area contributed by atoms with E-state index in [9.17, 15) is 0 Å². The van der Waals surface area contributed by atoms with Gasteiger partial charge in [0, 0.05) is 9.79 Å². The lowest BCUT2D eigenvalue weighted by Crippen LogP contribution is -1.88. The zero-order valence-electron chi connectivity index (χ0n) is 10.7. The smallest absolute Gasteiger partial charge is 0.137 e. The van der Waals surface area contributed by atoms with Crippen molar-refractivity contribution in [1.29, 1.82) is 5.26 Å². The third-order valence-corrected chi connectivity index (χ3v) is 3.59. The number of hydrogen-bond acceptors (Lipinski definition) is 4. The fourth-order valence-electron chi connectivity index (χ4n) is 1.61. The Morgan fingerprint density at radius 1 is 0.947 bits per heavy atom. The molecule has 2 aromatic rings. The Hall–Kier alpha value is -2.12. The van der Waals surface area contributed by atoms with Crippen molar-refractivity contribution in [1.82, 2.24) is 0 Å². The first kappa shape index (κ1) is 13.3. The van der Waals surface area contributed by atoms with E-state index in [4.69, 9.17) is 14.7 Å². The number of ether oxygens (including phenoxy) is 2. The average Bonchev–Trinajstić information content (AvgIpc) is 2.48. The Kier molecular flexibility index (Phi) is 4.32. The molecule has 0 atom stereocenters. The van der Waals surface area contributed by atoms with Crippen LogP contribution in [0.25, 0.3) is 0 Å². The zero-order chi connectivity index (χ0) is 13.7. The summed E-state index contributed by atoms with van der Waals surface area (Å²) in [6.45, 7) is 0. The molecule has 0 amide bonds. The van der Waals surface area contributed by atoms with E-state index < -0.39 is 0 Å². The van der Waals surface area contributed by atoms with E-state index in [1.165, 1.54) is 0 Å². The van der Waals surface area contributed by atoms with Crippen LogP contribution in [0, 0.1) is 11.3 Å². The normalized spacial score (nSPS) is 9.74. The van der Waals surface area contributed by atoms with Crippen LogP contribution in [0.15, 0.2) is 52.3 Å². The Morgan fingerprint density at radius 2 is 1.63 bits per heavy atom. The number of rotatable bonds is 4. The van der Waals surface area contributed by atoms with Crippen LogP contribution >= 0.6 is 11.8 Å². The van der Waals surface area contributed by atoms with Crippen molar-refractivity contribution >= 4 is 11.8 Å². The Labute approximate surface area is 116 Å². The molecular weight excluding hydrogens is 258 g/mol. The molecule has 4 heteroatoms. The molecule has 0 unspecified atom stereocenters. The van der Waals surface area contributed by atoms with Crippen LogP contribution in [0.5, 0.6) is 11.5 Å². The number of nitrogens with zero attached hydrogens (tertiary/aromatic N) is 1. The van der Waals surface area contributed by atoms with E-state index in [-0.39, 0.29) is 0 Å². The second kappa shape index (κ2) is 6.17. The van der Waals surface area contributed by atoms with Gasteiger partial charge in [-0.15, -0.1) is 0 Å². The number of hydrogen-bond donors (Lipinski definition) is 0. The van der Waals surface area contributed by atoms with Gasteiger partial charge in [0.1, 0.15) is 17.6 Å². The van der Waals surface area contributed by atoms with Gasteiger partial charge in [0.25, 0.3) is 0 Å². The number of benzene rings is 2. The molecule has 0 saturated carbocycles. The number of nitriles is 1. The predicted molar refractivity (Wildman–Crippen MR) is 74.8 cm³/mol. The second-order valence-electron chi connectivity index (χ2n) is 3.75. The highest BCUT2D eigenvalue weighted by Crippen LogP contribution is 2.32. The zero-order valence-corrected chi connectivity index (χ0v) is 11.5. The minimum Gasteiger partial charge on any atom is -0.497 e. The molecule has 0 aliphatic rings. The van der Waals surface area contributed by atoms with E-state index in [0.717, 1.165) is 15.5 Å². The summed E-state index contributed by atoms with van der Waals surface area (Å²) in [5, 5.41) is 8.94. The van der Waals surface area contributed by atoms with Crippen LogP contribution in [-0.4, -0.2) is 14.2 Å². The first-order chi connectivity index (χ1) is 9.26. The molecule has 2 rings (SSSR count). The van der Waals surface area contributed by atoms with Gasteiger partial charge < -0.3 is 9.47 Å². The van der Waals surface area contributed by atoms with Gasteiger partial charge in [-0.2, -0.15) is 5.26 Å². The minimum atomic E-state index is 0.543. The maximum Gasteiger partial charge on any atom is 0.137 e. The molecule has 0 fully saturated rings. The summed E-state index contributed by atoms with van der Waals surface area (Å²) in [6, 6.07) is 15.5. The monoisotopic (exact) mass is 271 g/mol. The summed E-state index contributed by atoms with van der Waals surface area (Å²) in [5.41, 5.74) is 0.543. The van der Waals surface area contributed by atoms with Crippen molar-refractivity contribution in [3.63, 3.8) is 0 Å². The topological polar surface area (TPSA) is 42.2 Å². The molecule has 96 valence electrons. The summed E-state index contributed by atoms with van der Waals surface area (Å²) in [5.74, 6) is 1.43. The molecule has 0 saturated heterocycles. The van der Waals surface area contributed by atoms with E-state index >= 15 is 0 Å². The highest BCUT2D eigenvalue weighted by molar-refractivity contribution is 7.99. The van der Waals surface area contributed by atoms with Gasteiger partial charge in [0.2, 0.25) is 0 Å². The van der Waals surface area contributed by atoms with Crippen molar-refractivity contribution < 1.29 is 9.47 Å². The van der Waals surface area contributed by atoms with Crippen LogP contribution in [0.2, 0.25) is 0 Å².